The molecule has 0 bridgehead atoms. The van der Waals surface area contributed by atoms with E-state index in [1.807, 2.05) is 23.9 Å². The molecule has 1 atom stereocenters. The maximum atomic E-state index is 12.8. The highest BCUT2D eigenvalue weighted by Crippen LogP contribution is 2.36. The molecule has 1 aliphatic heterocycles. The van der Waals surface area contributed by atoms with E-state index in [-0.39, 0.29) is 11.7 Å². The number of aryl methyl sites for hydroxylation is 1. The first kappa shape index (κ1) is 19.6. The molecule has 1 aliphatic rings. The van der Waals surface area contributed by atoms with Crippen molar-refractivity contribution in [2.24, 2.45) is 0 Å². The number of hydrogen-bond donors (Lipinski definition) is 1. The molecule has 0 aliphatic carbocycles. The van der Waals surface area contributed by atoms with Gasteiger partial charge in [-0.3, -0.25) is 0 Å². The van der Waals surface area contributed by atoms with Crippen molar-refractivity contribution in [1.82, 2.24) is 4.90 Å². The number of hydrogen-bond acceptors (Lipinski definition) is 2. The quantitative estimate of drug-likeness (QED) is 0.706. The maximum Gasteiger partial charge on any atom is 0.416 e. The number of urea groups is 1. The molecule has 1 fully saturated rings. The average molecular weight is 394 g/mol. The number of alkyl halides is 3. The van der Waals surface area contributed by atoms with Crippen molar-refractivity contribution in [2.75, 3.05) is 24.2 Å². The van der Waals surface area contributed by atoms with Crippen molar-refractivity contribution in [2.45, 2.75) is 24.8 Å². The molecule has 0 radical (unpaired) electrons. The molecule has 1 unspecified atom stereocenters. The molecule has 0 saturated carbocycles. The predicted octanol–water partition coefficient (Wildman–Crippen LogP) is 5.73. The van der Waals surface area contributed by atoms with Gasteiger partial charge in [-0.25, -0.2) is 4.79 Å². The number of carbonyl (C=O) groups is 1. The summed E-state index contributed by atoms with van der Waals surface area (Å²) in [7, 11) is 0. The number of amides is 2. The molecular formula is C20H21F3N2OS. The lowest BCUT2D eigenvalue weighted by Gasteiger charge is -2.21. The van der Waals surface area contributed by atoms with Crippen LogP contribution < -0.4 is 5.32 Å². The third-order valence-electron chi connectivity index (χ3n) is 4.61. The Balaban J connectivity index is 1.64. The monoisotopic (exact) mass is 394 g/mol. The summed E-state index contributed by atoms with van der Waals surface area (Å²) in [6.07, 6.45) is -3.62. The molecular weight excluding hydrogens is 373 g/mol. The SMILES string of the molecule is Cc1ccccc1C1CCN(C(=O)Nc2cccc(C(F)(F)F)c2)CCS1. The summed E-state index contributed by atoms with van der Waals surface area (Å²) < 4.78 is 38.5. The van der Waals surface area contributed by atoms with E-state index in [1.165, 1.54) is 23.3 Å². The van der Waals surface area contributed by atoms with Crippen LogP contribution in [0.15, 0.2) is 48.5 Å². The van der Waals surface area contributed by atoms with E-state index < -0.39 is 11.7 Å². The molecule has 3 rings (SSSR count). The van der Waals surface area contributed by atoms with Crippen LogP contribution in [-0.2, 0) is 6.18 Å². The minimum Gasteiger partial charge on any atom is -0.324 e. The molecule has 27 heavy (non-hydrogen) atoms. The Hall–Kier alpha value is -2.15. The molecule has 1 heterocycles. The van der Waals surface area contributed by atoms with Crippen LogP contribution >= 0.6 is 11.8 Å². The van der Waals surface area contributed by atoms with Crippen molar-refractivity contribution in [1.29, 1.82) is 0 Å². The zero-order chi connectivity index (χ0) is 19.4. The van der Waals surface area contributed by atoms with Gasteiger partial charge >= 0.3 is 12.2 Å². The van der Waals surface area contributed by atoms with Gasteiger partial charge in [-0.2, -0.15) is 24.9 Å². The highest BCUT2D eigenvalue weighted by molar-refractivity contribution is 7.99. The van der Waals surface area contributed by atoms with Gasteiger partial charge in [-0.1, -0.05) is 30.3 Å². The average Bonchev–Trinajstić information content (AvgIpc) is 2.88. The Morgan fingerprint density at radius 2 is 1.93 bits per heavy atom. The molecule has 2 amide bonds. The summed E-state index contributed by atoms with van der Waals surface area (Å²) in [5, 5.41) is 2.91. The van der Waals surface area contributed by atoms with Crippen molar-refractivity contribution < 1.29 is 18.0 Å². The van der Waals surface area contributed by atoms with Gasteiger partial charge in [0, 0.05) is 29.8 Å². The smallest absolute Gasteiger partial charge is 0.324 e. The summed E-state index contributed by atoms with van der Waals surface area (Å²) >= 11 is 1.81. The third-order valence-corrected chi connectivity index (χ3v) is 5.92. The second-order valence-corrected chi connectivity index (χ2v) is 7.81. The van der Waals surface area contributed by atoms with E-state index in [1.54, 1.807) is 4.90 Å². The van der Waals surface area contributed by atoms with Gasteiger partial charge in [0.15, 0.2) is 0 Å². The minimum absolute atomic E-state index is 0.155. The Morgan fingerprint density at radius 1 is 1.15 bits per heavy atom. The molecule has 7 heteroatoms. The van der Waals surface area contributed by atoms with E-state index in [0.717, 1.165) is 24.3 Å². The molecule has 0 aromatic heterocycles. The summed E-state index contributed by atoms with van der Waals surface area (Å²) in [4.78, 5) is 14.2. The van der Waals surface area contributed by atoms with Crippen LogP contribution in [0.3, 0.4) is 0 Å². The number of rotatable bonds is 2. The highest BCUT2D eigenvalue weighted by Gasteiger charge is 2.30. The van der Waals surface area contributed by atoms with Crippen molar-refractivity contribution >= 4 is 23.5 Å². The lowest BCUT2D eigenvalue weighted by molar-refractivity contribution is -0.137. The van der Waals surface area contributed by atoms with Gasteiger partial charge in [0.2, 0.25) is 0 Å². The van der Waals surface area contributed by atoms with Crippen LogP contribution in [-0.4, -0.2) is 29.8 Å². The number of nitrogens with zero attached hydrogens (tertiary/aromatic N) is 1. The highest BCUT2D eigenvalue weighted by atomic mass is 32.2. The van der Waals surface area contributed by atoms with Crippen molar-refractivity contribution in [3.63, 3.8) is 0 Å². The van der Waals surface area contributed by atoms with Crippen LogP contribution in [0.2, 0.25) is 0 Å². The fourth-order valence-electron chi connectivity index (χ4n) is 3.15. The summed E-state index contributed by atoms with van der Waals surface area (Å²) in [5.74, 6) is 0.787. The second kappa shape index (κ2) is 8.25. The van der Waals surface area contributed by atoms with Gasteiger partial charge in [0.25, 0.3) is 0 Å². The van der Waals surface area contributed by atoms with E-state index in [0.29, 0.717) is 18.3 Å². The minimum atomic E-state index is -4.43. The first-order chi connectivity index (χ1) is 12.8. The third kappa shape index (κ3) is 4.97. The molecule has 144 valence electrons. The molecule has 1 saturated heterocycles. The van der Waals surface area contributed by atoms with E-state index in [4.69, 9.17) is 0 Å². The Kier molecular flexibility index (Phi) is 5.99. The Labute approximate surface area is 160 Å². The lowest BCUT2D eigenvalue weighted by atomic mass is 10.0. The first-order valence-corrected chi connectivity index (χ1v) is 9.80. The predicted molar refractivity (Wildman–Crippen MR) is 103 cm³/mol. The Bertz CT molecular complexity index is 810. The van der Waals surface area contributed by atoms with Crippen LogP contribution in [0.1, 0.15) is 28.4 Å². The lowest BCUT2D eigenvalue weighted by Crippen LogP contribution is -2.36. The zero-order valence-electron chi connectivity index (χ0n) is 14.9. The standard InChI is InChI=1S/C20H21F3N2OS/c1-14-5-2-3-8-17(14)18-9-10-25(11-12-27-18)19(26)24-16-7-4-6-15(13-16)20(21,22)23/h2-8,13,18H,9-12H2,1H3,(H,24,26). The van der Waals surface area contributed by atoms with Gasteiger partial charge in [0.05, 0.1) is 5.56 Å². The van der Waals surface area contributed by atoms with Gasteiger partial charge in [-0.05, 0) is 42.7 Å². The molecule has 0 spiro atoms. The van der Waals surface area contributed by atoms with Gasteiger partial charge in [-0.15, -0.1) is 0 Å². The molecule has 3 nitrogen and oxygen atoms in total. The van der Waals surface area contributed by atoms with E-state index in [9.17, 15) is 18.0 Å². The molecule has 2 aromatic rings. The number of nitrogens with one attached hydrogen (secondary N) is 1. The van der Waals surface area contributed by atoms with Crippen LogP contribution in [0.25, 0.3) is 0 Å². The summed E-state index contributed by atoms with van der Waals surface area (Å²) in [6, 6.07) is 12.6. The largest absolute Gasteiger partial charge is 0.416 e. The topological polar surface area (TPSA) is 32.3 Å². The van der Waals surface area contributed by atoms with E-state index in [2.05, 4.69) is 24.4 Å². The van der Waals surface area contributed by atoms with Gasteiger partial charge < -0.3 is 10.2 Å². The first-order valence-electron chi connectivity index (χ1n) is 8.75. The Morgan fingerprint density at radius 3 is 2.67 bits per heavy atom. The molecule has 2 aromatic carbocycles. The van der Waals surface area contributed by atoms with Crippen molar-refractivity contribution in [3.8, 4) is 0 Å². The number of benzene rings is 2. The summed E-state index contributed by atoms with van der Waals surface area (Å²) in [6.45, 7) is 3.22. The number of anilines is 1. The van der Waals surface area contributed by atoms with Gasteiger partial charge in [0.1, 0.15) is 0 Å². The fraction of sp³-hybridized carbons (Fsp3) is 0.350. The van der Waals surface area contributed by atoms with Crippen molar-refractivity contribution in [3.05, 3.63) is 65.2 Å². The van der Waals surface area contributed by atoms with E-state index >= 15 is 0 Å². The van der Waals surface area contributed by atoms with Crippen LogP contribution in [0.5, 0.6) is 0 Å². The number of thioether (sulfide) groups is 1. The van der Waals surface area contributed by atoms with Crippen LogP contribution in [0, 0.1) is 6.92 Å². The van der Waals surface area contributed by atoms with Crippen LogP contribution in [0.4, 0.5) is 23.7 Å². The maximum absolute atomic E-state index is 12.8. The number of halogens is 3. The second-order valence-electron chi connectivity index (χ2n) is 6.50. The molecule has 1 N–H and O–H groups in total. The fourth-order valence-corrected chi connectivity index (χ4v) is 4.47. The summed E-state index contributed by atoms with van der Waals surface area (Å²) in [5.41, 5.74) is 1.90. The number of carbonyl (C=O) groups excluding carboxylic acids is 1. The normalized spacial score (nSPS) is 18.1. The zero-order valence-corrected chi connectivity index (χ0v) is 15.7.